The first-order chi connectivity index (χ1) is 14.2. The molecule has 0 radical (unpaired) electrons. The summed E-state index contributed by atoms with van der Waals surface area (Å²) in [5.41, 5.74) is 0.500. The molecule has 1 N–H and O–H groups in total. The lowest BCUT2D eigenvalue weighted by Gasteiger charge is -2.25. The smallest absolute Gasteiger partial charge is 0.254 e. The Labute approximate surface area is 170 Å². The van der Waals surface area contributed by atoms with Gasteiger partial charge in [0.15, 0.2) is 5.82 Å². The molecule has 8 heteroatoms. The third-order valence-electron chi connectivity index (χ3n) is 4.64. The van der Waals surface area contributed by atoms with Crippen LogP contribution in [0, 0.1) is 0 Å². The van der Waals surface area contributed by atoms with Crippen molar-refractivity contribution in [2.45, 2.75) is 38.7 Å². The second-order valence-corrected chi connectivity index (χ2v) is 6.98. The Kier molecular flexibility index (Phi) is 7.63. The maximum absolute atomic E-state index is 13.1. The van der Waals surface area contributed by atoms with E-state index in [1.807, 2.05) is 0 Å². The van der Waals surface area contributed by atoms with E-state index in [2.05, 4.69) is 17.4 Å². The third-order valence-corrected chi connectivity index (χ3v) is 4.64. The lowest BCUT2D eigenvalue weighted by Crippen LogP contribution is -2.42. The Morgan fingerprint density at radius 1 is 1.28 bits per heavy atom. The van der Waals surface area contributed by atoms with Crippen molar-refractivity contribution in [2.24, 2.45) is 0 Å². The number of carbonyl (C=O) groups is 2. The van der Waals surface area contributed by atoms with Gasteiger partial charge < -0.3 is 24.2 Å². The number of hydrogen-bond acceptors (Lipinski definition) is 6. The van der Waals surface area contributed by atoms with Crippen molar-refractivity contribution in [3.63, 3.8) is 0 Å². The molecule has 29 heavy (non-hydrogen) atoms. The van der Waals surface area contributed by atoms with Crippen molar-refractivity contribution < 1.29 is 23.6 Å². The first-order valence-corrected chi connectivity index (χ1v) is 9.99. The number of ether oxygens (including phenoxy) is 2. The summed E-state index contributed by atoms with van der Waals surface area (Å²) in [6, 6.07) is 8.55. The average molecular weight is 401 g/mol. The van der Waals surface area contributed by atoms with Crippen molar-refractivity contribution in [1.29, 1.82) is 0 Å². The first-order valence-electron chi connectivity index (χ1n) is 9.99. The SMILES string of the molecule is CCCCOc1ccc(C(=O)N(CC(=O)Nc2ccon2)CC2CCCO2)cc1. The van der Waals surface area contributed by atoms with Crippen LogP contribution in [0.3, 0.4) is 0 Å². The molecule has 156 valence electrons. The standard InChI is InChI=1S/C21H27N3O5/c1-2-3-11-27-17-8-6-16(7-9-17)21(26)24(14-18-5-4-12-28-18)15-20(25)22-19-10-13-29-23-19/h6-10,13,18H,2-5,11-12,14-15H2,1H3,(H,22,23,25). The van der Waals surface area contributed by atoms with Crippen molar-refractivity contribution in [3.05, 3.63) is 42.2 Å². The number of hydrogen-bond donors (Lipinski definition) is 1. The van der Waals surface area contributed by atoms with Gasteiger partial charge in [-0.3, -0.25) is 9.59 Å². The predicted molar refractivity (Wildman–Crippen MR) is 107 cm³/mol. The van der Waals surface area contributed by atoms with E-state index < -0.39 is 0 Å². The molecule has 8 nitrogen and oxygen atoms in total. The van der Waals surface area contributed by atoms with Gasteiger partial charge in [-0.2, -0.15) is 0 Å². The van der Waals surface area contributed by atoms with Gasteiger partial charge in [-0.15, -0.1) is 0 Å². The Bertz CT molecular complexity index is 770. The van der Waals surface area contributed by atoms with E-state index in [1.165, 1.54) is 11.2 Å². The van der Waals surface area contributed by atoms with Gasteiger partial charge in [-0.25, -0.2) is 0 Å². The van der Waals surface area contributed by atoms with Crippen molar-refractivity contribution in [2.75, 3.05) is 31.6 Å². The third kappa shape index (κ3) is 6.32. The summed E-state index contributed by atoms with van der Waals surface area (Å²) in [5, 5.41) is 6.28. The number of anilines is 1. The zero-order valence-corrected chi connectivity index (χ0v) is 16.6. The predicted octanol–water partition coefficient (Wildman–Crippen LogP) is 3.11. The highest BCUT2D eigenvalue weighted by molar-refractivity contribution is 5.99. The minimum Gasteiger partial charge on any atom is -0.494 e. The number of rotatable bonds is 10. The van der Waals surface area contributed by atoms with Crippen molar-refractivity contribution in [1.82, 2.24) is 10.1 Å². The Morgan fingerprint density at radius 3 is 2.76 bits per heavy atom. The van der Waals surface area contributed by atoms with E-state index in [-0.39, 0.29) is 24.5 Å². The van der Waals surface area contributed by atoms with Crippen molar-refractivity contribution in [3.8, 4) is 5.75 Å². The number of carbonyl (C=O) groups excluding carboxylic acids is 2. The van der Waals surface area contributed by atoms with Crippen LogP contribution in [-0.4, -0.2) is 54.3 Å². The molecule has 0 saturated carbocycles. The molecule has 1 unspecified atom stereocenters. The van der Waals surface area contributed by atoms with Gasteiger partial charge in [-0.05, 0) is 43.5 Å². The summed E-state index contributed by atoms with van der Waals surface area (Å²) in [5.74, 6) is 0.471. The lowest BCUT2D eigenvalue weighted by molar-refractivity contribution is -0.117. The fraction of sp³-hybridized carbons (Fsp3) is 0.476. The first kappa shape index (κ1) is 20.9. The lowest BCUT2D eigenvalue weighted by atomic mass is 10.1. The van der Waals surface area contributed by atoms with E-state index in [0.29, 0.717) is 31.1 Å². The highest BCUT2D eigenvalue weighted by atomic mass is 16.5. The van der Waals surface area contributed by atoms with Gasteiger partial charge in [0.25, 0.3) is 5.91 Å². The fourth-order valence-electron chi connectivity index (χ4n) is 3.10. The van der Waals surface area contributed by atoms with E-state index in [1.54, 1.807) is 30.3 Å². The average Bonchev–Trinajstić information content (AvgIpc) is 3.42. The Hall–Kier alpha value is -2.87. The van der Waals surface area contributed by atoms with Crippen LogP contribution in [0.4, 0.5) is 5.82 Å². The minimum absolute atomic E-state index is 0.0598. The monoisotopic (exact) mass is 401 g/mol. The van der Waals surface area contributed by atoms with Gasteiger partial charge in [0.2, 0.25) is 5.91 Å². The van der Waals surface area contributed by atoms with Gasteiger partial charge in [-0.1, -0.05) is 18.5 Å². The largest absolute Gasteiger partial charge is 0.494 e. The molecule has 1 aliphatic rings. The van der Waals surface area contributed by atoms with E-state index in [9.17, 15) is 9.59 Å². The number of nitrogens with one attached hydrogen (secondary N) is 1. The maximum Gasteiger partial charge on any atom is 0.254 e. The topological polar surface area (TPSA) is 93.9 Å². The molecule has 1 aromatic carbocycles. The van der Waals surface area contributed by atoms with Gasteiger partial charge in [0.05, 0.1) is 12.7 Å². The van der Waals surface area contributed by atoms with Crippen LogP contribution in [0.25, 0.3) is 0 Å². The van der Waals surface area contributed by atoms with Crippen LogP contribution < -0.4 is 10.1 Å². The molecule has 2 aromatic rings. The van der Waals surface area contributed by atoms with Crippen molar-refractivity contribution >= 4 is 17.6 Å². The molecular weight excluding hydrogens is 374 g/mol. The van der Waals surface area contributed by atoms with E-state index in [0.717, 1.165) is 31.4 Å². The molecule has 2 heterocycles. The number of unbranched alkanes of at least 4 members (excludes halogenated alkanes) is 1. The second-order valence-electron chi connectivity index (χ2n) is 6.98. The zero-order chi connectivity index (χ0) is 20.5. The summed E-state index contributed by atoms with van der Waals surface area (Å²) in [6.45, 7) is 3.70. The quantitative estimate of drug-likeness (QED) is 0.615. The van der Waals surface area contributed by atoms with Gasteiger partial charge >= 0.3 is 0 Å². The van der Waals surface area contributed by atoms with Crippen LogP contribution in [0.1, 0.15) is 43.0 Å². The van der Waals surface area contributed by atoms with Gasteiger partial charge in [0, 0.05) is 24.8 Å². The summed E-state index contributed by atoms with van der Waals surface area (Å²) in [7, 11) is 0. The van der Waals surface area contributed by atoms with Gasteiger partial charge in [0.1, 0.15) is 18.6 Å². The highest BCUT2D eigenvalue weighted by Crippen LogP contribution is 2.18. The van der Waals surface area contributed by atoms with E-state index >= 15 is 0 Å². The molecule has 1 saturated heterocycles. The molecule has 1 atom stereocenters. The number of amides is 2. The van der Waals surface area contributed by atoms with Crippen LogP contribution in [0.15, 0.2) is 41.1 Å². The summed E-state index contributed by atoms with van der Waals surface area (Å²) >= 11 is 0. The van der Waals surface area contributed by atoms with Crippen LogP contribution in [-0.2, 0) is 9.53 Å². The molecule has 2 amide bonds. The summed E-state index contributed by atoms with van der Waals surface area (Å²) in [6.07, 6.45) is 5.19. The summed E-state index contributed by atoms with van der Waals surface area (Å²) < 4.78 is 16.0. The molecule has 1 aliphatic heterocycles. The summed E-state index contributed by atoms with van der Waals surface area (Å²) in [4.78, 5) is 27.0. The maximum atomic E-state index is 13.1. The van der Waals surface area contributed by atoms with Crippen LogP contribution in [0.5, 0.6) is 5.75 Å². The van der Waals surface area contributed by atoms with Crippen LogP contribution >= 0.6 is 0 Å². The second kappa shape index (κ2) is 10.6. The molecule has 0 aliphatic carbocycles. The highest BCUT2D eigenvalue weighted by Gasteiger charge is 2.25. The molecule has 0 bridgehead atoms. The van der Waals surface area contributed by atoms with E-state index in [4.69, 9.17) is 14.0 Å². The molecule has 1 fully saturated rings. The van der Waals surface area contributed by atoms with Crippen LogP contribution in [0.2, 0.25) is 0 Å². The number of aromatic nitrogens is 1. The Morgan fingerprint density at radius 2 is 2.10 bits per heavy atom. The molecule has 3 rings (SSSR count). The fourth-order valence-corrected chi connectivity index (χ4v) is 3.10. The number of benzene rings is 1. The normalized spacial score (nSPS) is 15.8. The Balaban J connectivity index is 1.65. The molecular formula is C21H27N3O5. The number of nitrogens with zero attached hydrogens (tertiary/aromatic N) is 2. The molecule has 1 aromatic heterocycles. The minimum atomic E-state index is -0.343. The zero-order valence-electron chi connectivity index (χ0n) is 16.6. The molecule has 0 spiro atoms.